The van der Waals surface area contributed by atoms with Gasteiger partial charge in [-0.15, -0.1) is 0 Å². The van der Waals surface area contributed by atoms with Crippen molar-refractivity contribution in [3.63, 3.8) is 0 Å². The maximum Gasteiger partial charge on any atom is 0.265 e. The lowest BCUT2D eigenvalue weighted by Crippen LogP contribution is -2.49. The van der Waals surface area contributed by atoms with Crippen LogP contribution >= 0.6 is 0 Å². The molecule has 0 fully saturated rings. The largest absolute Gasteiger partial charge is 0.352 e. The molecule has 2 amide bonds. The Bertz CT molecular complexity index is 1380. The Kier molecular flexibility index (Phi) is 7.36. The monoisotopic (exact) mass is 507 g/mol. The van der Waals surface area contributed by atoms with Gasteiger partial charge < -0.3 is 10.2 Å². The van der Waals surface area contributed by atoms with Crippen molar-refractivity contribution in [3.05, 3.63) is 71.8 Å². The van der Waals surface area contributed by atoms with Crippen LogP contribution in [-0.4, -0.2) is 43.8 Å². The molecule has 3 aromatic carbocycles. The Balaban J connectivity index is 1.49. The first-order chi connectivity index (χ1) is 17.1. The molecule has 0 saturated heterocycles. The fourth-order valence-electron chi connectivity index (χ4n) is 4.59. The van der Waals surface area contributed by atoms with Crippen molar-refractivity contribution in [1.29, 1.82) is 0 Å². The van der Waals surface area contributed by atoms with Crippen LogP contribution in [0.3, 0.4) is 0 Å². The van der Waals surface area contributed by atoms with Gasteiger partial charge in [-0.3, -0.25) is 13.9 Å². The van der Waals surface area contributed by atoms with Gasteiger partial charge in [0.2, 0.25) is 11.8 Å². The van der Waals surface area contributed by atoms with Gasteiger partial charge >= 0.3 is 0 Å². The Labute approximate surface area is 213 Å². The highest BCUT2D eigenvalue weighted by Gasteiger charge is 2.35. The number of hydrogen-bond donors (Lipinski definition) is 1. The third kappa shape index (κ3) is 5.09. The van der Waals surface area contributed by atoms with Crippen molar-refractivity contribution < 1.29 is 18.0 Å². The third-order valence-electron chi connectivity index (χ3n) is 6.50. The average molecular weight is 508 g/mol. The fourth-order valence-corrected chi connectivity index (χ4v) is 6.34. The molecule has 0 radical (unpaired) electrons. The van der Waals surface area contributed by atoms with E-state index in [0.29, 0.717) is 23.5 Å². The topological polar surface area (TPSA) is 86.8 Å². The van der Waals surface area contributed by atoms with Gasteiger partial charge in [0.05, 0.1) is 10.6 Å². The highest BCUT2D eigenvalue weighted by molar-refractivity contribution is 7.93. The number of aryl methyl sites for hydroxylation is 1. The van der Waals surface area contributed by atoms with Gasteiger partial charge in [0.1, 0.15) is 6.04 Å². The molecule has 1 aliphatic rings. The minimum Gasteiger partial charge on any atom is -0.352 e. The minimum absolute atomic E-state index is 0.0407. The van der Waals surface area contributed by atoms with Crippen LogP contribution in [0.15, 0.2) is 65.6 Å². The van der Waals surface area contributed by atoms with E-state index >= 15 is 0 Å². The second kappa shape index (κ2) is 10.3. The Morgan fingerprint density at radius 3 is 2.31 bits per heavy atom. The number of sulfonamides is 1. The number of anilines is 1. The van der Waals surface area contributed by atoms with Gasteiger partial charge in [-0.25, -0.2) is 8.42 Å². The number of carbonyl (C=O) groups excluding carboxylic acids is 2. The maximum atomic E-state index is 13.4. The van der Waals surface area contributed by atoms with Gasteiger partial charge in [0.25, 0.3) is 10.0 Å². The zero-order valence-electron chi connectivity index (χ0n) is 21.2. The standard InChI is InChI=1S/C28H33N3O4S/c1-19(2)29-28(33)21(4)30(18-22-15-13-20(3)14-16-22)26(32)12-7-17-31-24-10-5-8-23-9-6-11-25(27(23)24)36(31,34)35/h5-6,8-11,13-16,19,21H,7,12,17-18H2,1-4H3,(H,29,33)/t21-/m1/s1. The van der Waals surface area contributed by atoms with E-state index in [-0.39, 0.29) is 30.8 Å². The predicted molar refractivity (Wildman–Crippen MR) is 142 cm³/mol. The summed E-state index contributed by atoms with van der Waals surface area (Å²) in [6.07, 6.45) is 0.467. The lowest BCUT2D eigenvalue weighted by atomic mass is 10.1. The molecule has 3 aromatic rings. The molecular formula is C28H33N3O4S. The summed E-state index contributed by atoms with van der Waals surface area (Å²) >= 11 is 0. The zero-order chi connectivity index (χ0) is 26.0. The van der Waals surface area contributed by atoms with Crippen molar-refractivity contribution in [2.75, 3.05) is 10.8 Å². The summed E-state index contributed by atoms with van der Waals surface area (Å²) in [4.78, 5) is 28.0. The molecule has 0 saturated carbocycles. The van der Waals surface area contributed by atoms with Crippen LogP contribution in [0.4, 0.5) is 5.69 Å². The zero-order valence-corrected chi connectivity index (χ0v) is 22.0. The Morgan fingerprint density at radius 1 is 0.972 bits per heavy atom. The van der Waals surface area contributed by atoms with Crippen molar-refractivity contribution >= 4 is 38.3 Å². The van der Waals surface area contributed by atoms with Crippen LogP contribution in [0.25, 0.3) is 10.8 Å². The highest BCUT2D eigenvalue weighted by Crippen LogP contribution is 2.42. The second-order valence-corrected chi connectivity index (χ2v) is 11.5. The normalized spacial score (nSPS) is 14.8. The van der Waals surface area contributed by atoms with Crippen molar-refractivity contribution in [3.8, 4) is 0 Å². The first kappa shape index (κ1) is 25.7. The molecule has 1 N–H and O–H groups in total. The lowest BCUT2D eigenvalue weighted by molar-refractivity contribution is -0.140. The molecule has 4 rings (SSSR count). The summed E-state index contributed by atoms with van der Waals surface area (Å²) in [5, 5.41) is 4.49. The molecule has 36 heavy (non-hydrogen) atoms. The summed E-state index contributed by atoms with van der Waals surface area (Å²) in [6.45, 7) is 7.98. The summed E-state index contributed by atoms with van der Waals surface area (Å²) in [5.41, 5.74) is 2.70. The van der Waals surface area contributed by atoms with E-state index in [1.165, 1.54) is 4.31 Å². The quantitative estimate of drug-likeness (QED) is 0.466. The second-order valence-electron chi connectivity index (χ2n) is 9.66. The molecule has 0 unspecified atom stereocenters. The minimum atomic E-state index is -3.67. The van der Waals surface area contributed by atoms with Crippen molar-refractivity contribution in [1.82, 2.24) is 10.2 Å². The number of rotatable bonds is 9. The molecule has 1 atom stereocenters. The molecule has 1 heterocycles. The Hall–Kier alpha value is -3.39. The molecule has 8 heteroatoms. The number of hydrogen-bond acceptors (Lipinski definition) is 4. The molecule has 0 aromatic heterocycles. The van der Waals surface area contributed by atoms with E-state index < -0.39 is 16.1 Å². The van der Waals surface area contributed by atoms with Gasteiger partial charge in [-0.2, -0.15) is 0 Å². The number of carbonyl (C=O) groups is 2. The predicted octanol–water partition coefficient (Wildman–Crippen LogP) is 4.38. The average Bonchev–Trinajstić information content (AvgIpc) is 3.06. The summed E-state index contributed by atoms with van der Waals surface area (Å²) < 4.78 is 27.8. The lowest BCUT2D eigenvalue weighted by Gasteiger charge is -2.30. The molecule has 7 nitrogen and oxygen atoms in total. The van der Waals surface area contributed by atoms with Gasteiger partial charge in [-0.1, -0.05) is 54.1 Å². The van der Waals surface area contributed by atoms with E-state index in [2.05, 4.69) is 5.32 Å². The van der Waals surface area contributed by atoms with Crippen LogP contribution in [-0.2, 0) is 26.2 Å². The molecule has 0 spiro atoms. The first-order valence-corrected chi connectivity index (χ1v) is 13.7. The van der Waals surface area contributed by atoms with Crippen LogP contribution in [0.2, 0.25) is 0 Å². The summed E-state index contributed by atoms with van der Waals surface area (Å²) in [7, 11) is -3.67. The smallest absolute Gasteiger partial charge is 0.265 e. The number of benzene rings is 3. The van der Waals surface area contributed by atoms with Crippen LogP contribution in [0, 0.1) is 6.92 Å². The molecule has 0 aliphatic carbocycles. The van der Waals surface area contributed by atoms with E-state index in [4.69, 9.17) is 0 Å². The number of amides is 2. The van der Waals surface area contributed by atoms with Gasteiger partial charge in [0.15, 0.2) is 0 Å². The van der Waals surface area contributed by atoms with Crippen molar-refractivity contribution in [2.24, 2.45) is 0 Å². The third-order valence-corrected chi connectivity index (χ3v) is 8.36. The number of nitrogens with one attached hydrogen (secondary N) is 1. The van der Waals surface area contributed by atoms with Crippen molar-refractivity contribution in [2.45, 2.75) is 64.1 Å². The van der Waals surface area contributed by atoms with Gasteiger partial charge in [0, 0.05) is 30.9 Å². The maximum absolute atomic E-state index is 13.4. The SMILES string of the molecule is Cc1ccc(CN(C(=O)CCCN2c3cccc4cccc(c34)S2(=O)=O)[C@H](C)C(=O)NC(C)C)cc1. The van der Waals surface area contributed by atoms with Crippen LogP contribution < -0.4 is 9.62 Å². The number of nitrogens with zero attached hydrogens (tertiary/aromatic N) is 2. The van der Waals surface area contributed by atoms with E-state index in [1.54, 1.807) is 30.0 Å². The van der Waals surface area contributed by atoms with E-state index in [1.807, 2.05) is 63.2 Å². The van der Waals surface area contributed by atoms with E-state index in [0.717, 1.165) is 21.9 Å². The molecular weight excluding hydrogens is 474 g/mol. The van der Waals surface area contributed by atoms with Gasteiger partial charge in [-0.05, 0) is 57.2 Å². The summed E-state index contributed by atoms with van der Waals surface area (Å²) in [5.74, 6) is -0.399. The molecule has 1 aliphatic heterocycles. The van der Waals surface area contributed by atoms with E-state index in [9.17, 15) is 18.0 Å². The summed E-state index contributed by atoms with van der Waals surface area (Å²) in [6, 6.07) is 18.0. The van der Waals surface area contributed by atoms with Crippen LogP contribution in [0.1, 0.15) is 44.7 Å². The highest BCUT2D eigenvalue weighted by atomic mass is 32.2. The first-order valence-electron chi connectivity index (χ1n) is 12.3. The molecule has 190 valence electrons. The molecule has 0 bridgehead atoms. The van der Waals surface area contributed by atoms with Crippen LogP contribution in [0.5, 0.6) is 0 Å². The Morgan fingerprint density at radius 2 is 1.64 bits per heavy atom. The fraction of sp³-hybridized carbons (Fsp3) is 0.357.